The summed E-state index contributed by atoms with van der Waals surface area (Å²) in [5.74, 6) is 2.18. The Morgan fingerprint density at radius 1 is 1.25 bits per heavy atom. The lowest BCUT2D eigenvalue weighted by molar-refractivity contribution is 0.0339. The number of rotatable bonds is 8. The van der Waals surface area contributed by atoms with Crippen LogP contribution in [0.3, 0.4) is 0 Å². The van der Waals surface area contributed by atoms with E-state index < -0.39 is 0 Å². The summed E-state index contributed by atoms with van der Waals surface area (Å²) in [4.78, 5) is 2.61. The van der Waals surface area contributed by atoms with Gasteiger partial charge in [-0.05, 0) is 56.4 Å². The molecule has 1 heterocycles. The SMILES string of the molecule is CCC(O)C1CC(NCCC(C)C)CN(CC2CC2)C1. The molecule has 2 rings (SSSR count). The van der Waals surface area contributed by atoms with E-state index in [1.165, 1.54) is 32.4 Å². The van der Waals surface area contributed by atoms with E-state index >= 15 is 0 Å². The Kier molecular flexibility index (Phi) is 6.31. The maximum Gasteiger partial charge on any atom is 0.0578 e. The summed E-state index contributed by atoms with van der Waals surface area (Å²) in [5.41, 5.74) is 0. The third-order valence-corrected chi connectivity index (χ3v) is 4.89. The fourth-order valence-corrected chi connectivity index (χ4v) is 3.38. The highest BCUT2D eigenvalue weighted by Crippen LogP contribution is 2.32. The van der Waals surface area contributed by atoms with Gasteiger partial charge in [0.25, 0.3) is 0 Å². The molecule has 0 aromatic heterocycles. The van der Waals surface area contributed by atoms with Crippen molar-refractivity contribution >= 4 is 0 Å². The summed E-state index contributed by atoms with van der Waals surface area (Å²) < 4.78 is 0. The van der Waals surface area contributed by atoms with Crippen molar-refractivity contribution in [2.75, 3.05) is 26.2 Å². The van der Waals surface area contributed by atoms with Gasteiger partial charge in [0.2, 0.25) is 0 Å². The zero-order valence-corrected chi connectivity index (χ0v) is 13.6. The first-order chi connectivity index (χ1) is 9.58. The maximum absolute atomic E-state index is 10.2. The van der Waals surface area contributed by atoms with Crippen LogP contribution >= 0.6 is 0 Å². The smallest absolute Gasteiger partial charge is 0.0578 e. The first-order valence-electron chi connectivity index (χ1n) is 8.72. The summed E-state index contributed by atoms with van der Waals surface area (Å²) in [7, 11) is 0. The molecule has 0 radical (unpaired) electrons. The van der Waals surface area contributed by atoms with Crippen molar-refractivity contribution in [1.29, 1.82) is 0 Å². The average molecular weight is 282 g/mol. The molecule has 2 fully saturated rings. The standard InChI is InChI=1S/C17H34N2O/c1-4-17(20)15-9-16(18-8-7-13(2)3)12-19(11-15)10-14-5-6-14/h13-18,20H,4-12H2,1-3H3. The van der Waals surface area contributed by atoms with E-state index in [-0.39, 0.29) is 6.10 Å². The minimum absolute atomic E-state index is 0.119. The lowest BCUT2D eigenvalue weighted by Crippen LogP contribution is -2.52. The molecule has 0 amide bonds. The second-order valence-electron chi connectivity index (χ2n) is 7.47. The molecule has 3 nitrogen and oxygen atoms in total. The molecule has 0 bridgehead atoms. The Bertz CT molecular complexity index is 278. The van der Waals surface area contributed by atoms with Crippen LogP contribution in [0.4, 0.5) is 0 Å². The Labute approximate surface area is 125 Å². The van der Waals surface area contributed by atoms with Crippen molar-refractivity contribution in [3.63, 3.8) is 0 Å². The lowest BCUT2D eigenvalue weighted by atomic mass is 9.88. The van der Waals surface area contributed by atoms with E-state index in [4.69, 9.17) is 0 Å². The molecule has 1 saturated heterocycles. The van der Waals surface area contributed by atoms with Crippen LogP contribution in [-0.4, -0.2) is 48.3 Å². The molecule has 3 heteroatoms. The number of nitrogens with one attached hydrogen (secondary N) is 1. The van der Waals surface area contributed by atoms with Crippen LogP contribution in [0.15, 0.2) is 0 Å². The molecule has 1 aliphatic heterocycles. The molecule has 118 valence electrons. The van der Waals surface area contributed by atoms with Crippen LogP contribution in [0.1, 0.15) is 52.9 Å². The van der Waals surface area contributed by atoms with Crippen molar-refractivity contribution in [2.24, 2.45) is 17.8 Å². The zero-order valence-electron chi connectivity index (χ0n) is 13.6. The van der Waals surface area contributed by atoms with Crippen LogP contribution in [0.25, 0.3) is 0 Å². The summed E-state index contributed by atoms with van der Waals surface area (Å²) in [5, 5.41) is 14.0. The van der Waals surface area contributed by atoms with Gasteiger partial charge < -0.3 is 15.3 Å². The van der Waals surface area contributed by atoms with E-state index in [2.05, 4.69) is 31.0 Å². The van der Waals surface area contributed by atoms with E-state index in [1.807, 2.05) is 0 Å². The first kappa shape index (κ1) is 16.3. The maximum atomic E-state index is 10.2. The number of aliphatic hydroxyl groups excluding tert-OH is 1. The minimum atomic E-state index is -0.119. The van der Waals surface area contributed by atoms with Crippen LogP contribution in [-0.2, 0) is 0 Å². The number of nitrogens with zero attached hydrogens (tertiary/aromatic N) is 1. The fraction of sp³-hybridized carbons (Fsp3) is 1.00. The second-order valence-corrected chi connectivity index (χ2v) is 7.47. The Hall–Kier alpha value is -0.120. The van der Waals surface area contributed by atoms with Crippen LogP contribution < -0.4 is 5.32 Å². The highest BCUT2D eigenvalue weighted by molar-refractivity contribution is 4.89. The predicted octanol–water partition coefficient (Wildman–Crippen LogP) is 2.49. The van der Waals surface area contributed by atoms with Crippen molar-refractivity contribution in [3.8, 4) is 0 Å². The van der Waals surface area contributed by atoms with E-state index in [0.29, 0.717) is 12.0 Å². The topological polar surface area (TPSA) is 35.5 Å². The van der Waals surface area contributed by atoms with Gasteiger partial charge in [-0.2, -0.15) is 0 Å². The van der Waals surface area contributed by atoms with Gasteiger partial charge in [-0.25, -0.2) is 0 Å². The second kappa shape index (κ2) is 7.77. The molecular formula is C17H34N2O. The summed E-state index contributed by atoms with van der Waals surface area (Å²) in [6, 6.07) is 0.576. The Balaban J connectivity index is 1.81. The molecular weight excluding hydrogens is 248 g/mol. The quantitative estimate of drug-likeness (QED) is 0.718. The largest absolute Gasteiger partial charge is 0.393 e. The highest BCUT2D eigenvalue weighted by atomic mass is 16.3. The normalized spacial score (nSPS) is 29.9. The van der Waals surface area contributed by atoms with Crippen molar-refractivity contribution < 1.29 is 5.11 Å². The van der Waals surface area contributed by atoms with Gasteiger partial charge in [0.05, 0.1) is 6.10 Å². The zero-order chi connectivity index (χ0) is 14.5. The third-order valence-electron chi connectivity index (χ3n) is 4.89. The summed E-state index contributed by atoms with van der Waals surface area (Å²) in [6.07, 6.45) is 6.01. The van der Waals surface area contributed by atoms with Crippen LogP contribution in [0, 0.1) is 17.8 Å². The van der Waals surface area contributed by atoms with Crippen LogP contribution in [0.5, 0.6) is 0 Å². The van der Waals surface area contributed by atoms with Gasteiger partial charge in [-0.1, -0.05) is 20.8 Å². The van der Waals surface area contributed by atoms with Gasteiger partial charge in [0.15, 0.2) is 0 Å². The number of piperidine rings is 1. The number of hydrogen-bond donors (Lipinski definition) is 2. The van der Waals surface area contributed by atoms with Crippen LogP contribution in [0.2, 0.25) is 0 Å². The molecule has 3 unspecified atom stereocenters. The van der Waals surface area contributed by atoms with Gasteiger partial charge in [-0.3, -0.25) is 0 Å². The predicted molar refractivity (Wildman–Crippen MR) is 84.8 cm³/mol. The molecule has 0 aromatic carbocycles. The van der Waals surface area contributed by atoms with Crippen molar-refractivity contribution in [1.82, 2.24) is 10.2 Å². The van der Waals surface area contributed by atoms with Gasteiger partial charge >= 0.3 is 0 Å². The average Bonchev–Trinajstić information content (AvgIpc) is 3.21. The number of aliphatic hydroxyl groups is 1. The summed E-state index contributed by atoms with van der Waals surface area (Å²) >= 11 is 0. The molecule has 0 spiro atoms. The van der Waals surface area contributed by atoms with E-state index in [9.17, 15) is 5.11 Å². The molecule has 1 saturated carbocycles. The van der Waals surface area contributed by atoms with Gasteiger partial charge in [-0.15, -0.1) is 0 Å². The highest BCUT2D eigenvalue weighted by Gasteiger charge is 2.33. The molecule has 20 heavy (non-hydrogen) atoms. The molecule has 2 aliphatic rings. The summed E-state index contributed by atoms with van der Waals surface area (Å²) in [6.45, 7) is 11.3. The van der Waals surface area contributed by atoms with Crippen molar-refractivity contribution in [3.05, 3.63) is 0 Å². The van der Waals surface area contributed by atoms with Gasteiger partial charge in [0, 0.05) is 25.7 Å². The van der Waals surface area contributed by atoms with E-state index in [1.54, 1.807) is 0 Å². The first-order valence-corrected chi connectivity index (χ1v) is 8.72. The Morgan fingerprint density at radius 3 is 2.60 bits per heavy atom. The third kappa shape index (κ3) is 5.34. The molecule has 2 N–H and O–H groups in total. The van der Waals surface area contributed by atoms with Gasteiger partial charge in [0.1, 0.15) is 0 Å². The number of hydrogen-bond acceptors (Lipinski definition) is 3. The minimum Gasteiger partial charge on any atom is -0.393 e. The van der Waals surface area contributed by atoms with E-state index in [0.717, 1.165) is 37.8 Å². The molecule has 1 aliphatic carbocycles. The molecule has 0 aromatic rings. The Morgan fingerprint density at radius 2 is 2.00 bits per heavy atom. The molecule has 3 atom stereocenters. The number of likely N-dealkylation sites (tertiary alicyclic amines) is 1. The monoisotopic (exact) mass is 282 g/mol. The fourth-order valence-electron chi connectivity index (χ4n) is 3.38. The van der Waals surface area contributed by atoms with Crippen molar-refractivity contribution in [2.45, 2.75) is 65.0 Å². The lowest BCUT2D eigenvalue weighted by Gasteiger charge is -2.40.